The Balaban J connectivity index is 3.01. The zero-order valence-corrected chi connectivity index (χ0v) is 9.46. The summed E-state index contributed by atoms with van der Waals surface area (Å²) in [6, 6.07) is 0. The lowest BCUT2D eigenvalue weighted by molar-refractivity contribution is -0.152. The highest BCUT2D eigenvalue weighted by Gasteiger charge is 2.00. The third kappa shape index (κ3) is 11.3. The van der Waals surface area contributed by atoms with Crippen molar-refractivity contribution in [1.82, 2.24) is 5.59 Å². The molecule has 0 unspecified atom stereocenters. The fourth-order valence-corrected chi connectivity index (χ4v) is 1.18. The van der Waals surface area contributed by atoms with Crippen molar-refractivity contribution in [2.45, 2.75) is 45.4 Å². The molecule has 0 aromatic rings. The number of carbonyl (C=O) groups is 1. The first-order chi connectivity index (χ1) is 7.31. The van der Waals surface area contributed by atoms with Crippen LogP contribution in [0.5, 0.6) is 0 Å². The Morgan fingerprint density at radius 3 is 2.60 bits per heavy atom. The molecular formula is C10H22N2O3. The van der Waals surface area contributed by atoms with Gasteiger partial charge in [0, 0.05) is 6.61 Å². The lowest BCUT2D eigenvalue weighted by atomic mass is 10.2. The molecule has 0 amide bonds. The van der Waals surface area contributed by atoms with Crippen molar-refractivity contribution in [3.8, 4) is 0 Å². The Morgan fingerprint density at radius 2 is 1.93 bits per heavy atom. The van der Waals surface area contributed by atoms with Crippen LogP contribution in [0.15, 0.2) is 0 Å². The molecule has 0 rings (SSSR count). The monoisotopic (exact) mass is 218 g/mol. The van der Waals surface area contributed by atoms with Gasteiger partial charge in [-0.2, -0.15) is 0 Å². The molecule has 5 heteroatoms. The van der Waals surface area contributed by atoms with Crippen LogP contribution in [0.4, 0.5) is 0 Å². The minimum atomic E-state index is -0.400. The molecule has 5 nitrogen and oxygen atoms in total. The van der Waals surface area contributed by atoms with Crippen molar-refractivity contribution in [3.63, 3.8) is 0 Å². The van der Waals surface area contributed by atoms with Crippen LogP contribution in [0.1, 0.15) is 45.4 Å². The zero-order chi connectivity index (χ0) is 11.4. The number of hydrogen-bond donors (Lipinski definition) is 2. The molecule has 0 saturated heterocycles. The summed E-state index contributed by atoms with van der Waals surface area (Å²) in [4.78, 5) is 15.1. The summed E-state index contributed by atoms with van der Waals surface area (Å²) >= 11 is 0. The smallest absolute Gasteiger partial charge is 0.328 e. The Morgan fingerprint density at radius 1 is 1.20 bits per heavy atom. The minimum absolute atomic E-state index is 0.235. The van der Waals surface area contributed by atoms with E-state index in [0.29, 0.717) is 13.2 Å². The lowest BCUT2D eigenvalue weighted by Crippen LogP contribution is -2.26. The predicted octanol–water partition coefficient (Wildman–Crippen LogP) is 1.28. The van der Waals surface area contributed by atoms with Gasteiger partial charge in [0.1, 0.15) is 0 Å². The number of nitrogens with one attached hydrogen (secondary N) is 1. The van der Waals surface area contributed by atoms with E-state index in [1.807, 2.05) is 5.59 Å². The van der Waals surface area contributed by atoms with E-state index in [1.54, 1.807) is 0 Å². The van der Waals surface area contributed by atoms with E-state index in [0.717, 1.165) is 6.42 Å². The Hall–Kier alpha value is -0.650. The van der Waals surface area contributed by atoms with Gasteiger partial charge >= 0.3 is 5.97 Å². The van der Waals surface area contributed by atoms with Crippen molar-refractivity contribution in [2.24, 2.45) is 5.84 Å². The maximum absolute atomic E-state index is 10.8. The molecule has 0 atom stereocenters. The van der Waals surface area contributed by atoms with Crippen LogP contribution in [0.25, 0.3) is 0 Å². The van der Waals surface area contributed by atoms with Crippen LogP contribution in [0, 0.1) is 0 Å². The van der Waals surface area contributed by atoms with E-state index in [9.17, 15) is 4.79 Å². The summed E-state index contributed by atoms with van der Waals surface area (Å²) < 4.78 is 5.26. The van der Waals surface area contributed by atoms with Crippen LogP contribution in [0.3, 0.4) is 0 Å². The van der Waals surface area contributed by atoms with Gasteiger partial charge in [-0.3, -0.25) is 4.79 Å². The summed E-state index contributed by atoms with van der Waals surface area (Å²) in [6.45, 7) is 3.30. The van der Waals surface area contributed by atoms with E-state index in [-0.39, 0.29) is 6.42 Å². The molecule has 90 valence electrons. The first-order valence-corrected chi connectivity index (χ1v) is 5.54. The third-order valence-electron chi connectivity index (χ3n) is 2.02. The molecule has 0 aliphatic carbocycles. The quantitative estimate of drug-likeness (QED) is 0.328. The Bertz CT molecular complexity index is 154. The number of ether oxygens (including phenoxy) is 1. The first kappa shape index (κ1) is 14.3. The normalized spacial score (nSPS) is 10.3. The fraction of sp³-hybridized carbons (Fsp3) is 0.900. The number of unbranched alkanes of at least 4 members (excludes halogenated alkanes) is 4. The first-order valence-electron chi connectivity index (χ1n) is 5.54. The standard InChI is InChI=1S/C10H22N2O3/c1-2-3-4-5-6-8-14-9-7-10(13)15-12-11/h12H,2-9,11H2,1H3. The van der Waals surface area contributed by atoms with Crippen molar-refractivity contribution in [3.05, 3.63) is 0 Å². The summed E-state index contributed by atoms with van der Waals surface area (Å²) in [5, 5.41) is 0. The van der Waals surface area contributed by atoms with E-state index < -0.39 is 5.97 Å². The second-order valence-corrected chi connectivity index (χ2v) is 3.37. The van der Waals surface area contributed by atoms with Gasteiger partial charge in [-0.1, -0.05) is 38.2 Å². The molecule has 0 bridgehead atoms. The van der Waals surface area contributed by atoms with Gasteiger partial charge < -0.3 is 9.57 Å². The molecule has 0 radical (unpaired) electrons. The van der Waals surface area contributed by atoms with E-state index in [4.69, 9.17) is 10.6 Å². The summed E-state index contributed by atoms with van der Waals surface area (Å²) in [7, 11) is 0. The van der Waals surface area contributed by atoms with Gasteiger partial charge in [0.2, 0.25) is 0 Å². The Kier molecular flexibility index (Phi) is 10.9. The maximum Gasteiger partial charge on any atom is 0.328 e. The number of hydrazine groups is 1. The van der Waals surface area contributed by atoms with Gasteiger partial charge in [0.05, 0.1) is 13.0 Å². The topological polar surface area (TPSA) is 73.6 Å². The minimum Gasteiger partial charge on any atom is -0.381 e. The molecule has 0 aliphatic rings. The molecule has 0 saturated carbocycles. The molecular weight excluding hydrogens is 196 g/mol. The molecule has 0 spiro atoms. The number of hydrogen-bond acceptors (Lipinski definition) is 5. The van der Waals surface area contributed by atoms with Crippen LogP contribution < -0.4 is 11.4 Å². The average molecular weight is 218 g/mol. The molecule has 0 aromatic carbocycles. The number of rotatable bonds is 10. The van der Waals surface area contributed by atoms with Crippen molar-refractivity contribution < 1.29 is 14.4 Å². The van der Waals surface area contributed by atoms with Gasteiger partial charge in [-0.05, 0) is 6.42 Å². The van der Waals surface area contributed by atoms with Crippen molar-refractivity contribution >= 4 is 5.97 Å². The summed E-state index contributed by atoms with van der Waals surface area (Å²) in [5.41, 5.74) is 1.84. The Labute approximate surface area is 91.2 Å². The van der Waals surface area contributed by atoms with Gasteiger partial charge in [-0.15, -0.1) is 0 Å². The highest BCUT2D eigenvalue weighted by molar-refractivity contribution is 5.69. The lowest BCUT2D eigenvalue weighted by Gasteiger charge is -2.03. The number of nitrogens with two attached hydrogens (primary N) is 1. The van der Waals surface area contributed by atoms with Gasteiger partial charge in [-0.25, -0.2) is 5.84 Å². The van der Waals surface area contributed by atoms with E-state index in [1.165, 1.54) is 25.7 Å². The SMILES string of the molecule is CCCCCCCOCCC(=O)ONN. The largest absolute Gasteiger partial charge is 0.381 e. The zero-order valence-electron chi connectivity index (χ0n) is 9.46. The third-order valence-corrected chi connectivity index (χ3v) is 2.02. The molecule has 3 N–H and O–H groups in total. The highest BCUT2D eigenvalue weighted by atomic mass is 16.7. The second-order valence-electron chi connectivity index (χ2n) is 3.37. The highest BCUT2D eigenvalue weighted by Crippen LogP contribution is 2.02. The van der Waals surface area contributed by atoms with Crippen LogP contribution in [0.2, 0.25) is 0 Å². The molecule has 0 heterocycles. The summed E-state index contributed by atoms with van der Waals surface area (Å²) in [6.07, 6.45) is 6.29. The molecule has 0 aliphatic heterocycles. The average Bonchev–Trinajstić information content (AvgIpc) is 2.22. The van der Waals surface area contributed by atoms with E-state index in [2.05, 4.69) is 11.8 Å². The maximum atomic E-state index is 10.8. The summed E-state index contributed by atoms with van der Waals surface area (Å²) in [5.74, 6) is 4.39. The van der Waals surface area contributed by atoms with Crippen LogP contribution in [-0.2, 0) is 14.4 Å². The predicted molar refractivity (Wildman–Crippen MR) is 57.6 cm³/mol. The van der Waals surface area contributed by atoms with E-state index >= 15 is 0 Å². The molecule has 15 heavy (non-hydrogen) atoms. The van der Waals surface area contributed by atoms with Crippen molar-refractivity contribution in [2.75, 3.05) is 13.2 Å². The van der Waals surface area contributed by atoms with Crippen molar-refractivity contribution in [1.29, 1.82) is 0 Å². The molecule has 0 aromatic heterocycles. The fourth-order valence-electron chi connectivity index (χ4n) is 1.18. The van der Waals surface area contributed by atoms with Gasteiger partial charge in [0.15, 0.2) is 0 Å². The van der Waals surface area contributed by atoms with Crippen LogP contribution in [-0.4, -0.2) is 19.2 Å². The second kappa shape index (κ2) is 11.4. The van der Waals surface area contributed by atoms with Crippen LogP contribution >= 0.6 is 0 Å². The molecule has 0 fully saturated rings. The number of carbonyl (C=O) groups excluding carboxylic acids is 1. The van der Waals surface area contributed by atoms with Gasteiger partial charge in [0.25, 0.3) is 0 Å².